The number of rotatable bonds is 11. The van der Waals surface area contributed by atoms with Gasteiger partial charge in [-0.15, -0.1) is 0 Å². The summed E-state index contributed by atoms with van der Waals surface area (Å²) in [5.41, 5.74) is 0. The van der Waals surface area contributed by atoms with Crippen LogP contribution in [0.15, 0.2) is 0 Å². The molecule has 4 N–H and O–H groups in total. The van der Waals surface area contributed by atoms with Gasteiger partial charge < -0.3 is 30.3 Å². The van der Waals surface area contributed by atoms with Crippen LogP contribution in [0.5, 0.6) is 0 Å². The van der Waals surface area contributed by atoms with Crippen molar-refractivity contribution in [2.75, 3.05) is 32.7 Å². The van der Waals surface area contributed by atoms with Crippen LogP contribution >= 0.6 is 0 Å². The summed E-state index contributed by atoms with van der Waals surface area (Å²) in [6.45, 7) is -2.83. The minimum atomic E-state index is -2.10. The molecule has 22 heavy (non-hydrogen) atoms. The van der Waals surface area contributed by atoms with E-state index in [1.807, 2.05) is 0 Å². The Bertz CT molecular complexity index is 401. The van der Waals surface area contributed by atoms with Crippen molar-refractivity contribution in [2.45, 2.75) is 6.23 Å². The molecular formula is C10H15N2NaO9. The van der Waals surface area contributed by atoms with Crippen LogP contribution in [-0.2, 0) is 19.2 Å². The molecule has 1 unspecified atom stereocenters. The van der Waals surface area contributed by atoms with Gasteiger partial charge in [0.05, 0.1) is 19.1 Å². The molecule has 1 atom stereocenters. The van der Waals surface area contributed by atoms with Gasteiger partial charge in [0.1, 0.15) is 0 Å². The van der Waals surface area contributed by atoms with Crippen LogP contribution in [0.4, 0.5) is 0 Å². The van der Waals surface area contributed by atoms with E-state index in [1.54, 1.807) is 0 Å². The van der Waals surface area contributed by atoms with Gasteiger partial charge >= 0.3 is 47.5 Å². The topological polar surface area (TPSA) is 179 Å². The van der Waals surface area contributed by atoms with Crippen molar-refractivity contribution in [1.29, 1.82) is 0 Å². The van der Waals surface area contributed by atoms with Gasteiger partial charge in [0.15, 0.2) is 0 Å². The van der Waals surface area contributed by atoms with Crippen LogP contribution < -0.4 is 34.7 Å². The predicted molar refractivity (Wildman–Crippen MR) is 61.9 cm³/mol. The quantitative estimate of drug-likeness (QED) is 0.209. The van der Waals surface area contributed by atoms with Crippen molar-refractivity contribution in [1.82, 2.24) is 9.80 Å². The molecule has 0 aromatic heterocycles. The Labute approximate surface area is 147 Å². The summed E-state index contributed by atoms with van der Waals surface area (Å²) < 4.78 is 0. The molecule has 0 aliphatic heterocycles. The molecule has 0 heterocycles. The van der Waals surface area contributed by atoms with Crippen LogP contribution in [0.25, 0.3) is 0 Å². The molecular weight excluding hydrogens is 315 g/mol. The summed E-state index contributed by atoms with van der Waals surface area (Å²) in [5, 5.41) is 45.6. The molecule has 12 heteroatoms. The number of aliphatic hydroxyl groups is 1. The SMILES string of the molecule is O=C([O-])CN(CCN(CC(=O)O)C(O)C(=O)O)CC(=O)O.[Na+]. The molecule has 0 fully saturated rings. The first-order chi connectivity index (χ1) is 9.63. The second kappa shape index (κ2) is 11.3. The first kappa shape index (κ1) is 23.0. The largest absolute Gasteiger partial charge is 1.00 e. The Morgan fingerprint density at radius 1 is 0.909 bits per heavy atom. The molecule has 0 spiro atoms. The number of aliphatic carboxylic acids is 4. The fourth-order valence-corrected chi connectivity index (χ4v) is 1.48. The monoisotopic (exact) mass is 330 g/mol. The van der Waals surface area contributed by atoms with E-state index in [0.29, 0.717) is 4.90 Å². The van der Waals surface area contributed by atoms with Gasteiger partial charge in [-0.2, -0.15) is 0 Å². The van der Waals surface area contributed by atoms with E-state index in [0.717, 1.165) is 4.90 Å². The number of carbonyl (C=O) groups is 4. The van der Waals surface area contributed by atoms with Gasteiger partial charge in [0.2, 0.25) is 6.23 Å². The first-order valence-electron chi connectivity index (χ1n) is 5.64. The molecule has 0 aliphatic carbocycles. The third kappa shape index (κ3) is 10.5. The van der Waals surface area contributed by atoms with Gasteiger partial charge in [0, 0.05) is 19.6 Å². The van der Waals surface area contributed by atoms with E-state index in [9.17, 15) is 29.4 Å². The molecule has 120 valence electrons. The molecule has 0 radical (unpaired) electrons. The number of carboxylic acids is 4. The van der Waals surface area contributed by atoms with E-state index < -0.39 is 49.7 Å². The smallest absolute Gasteiger partial charge is 0.549 e. The Kier molecular flexibility index (Phi) is 11.9. The van der Waals surface area contributed by atoms with Gasteiger partial charge in [-0.25, -0.2) is 4.79 Å². The van der Waals surface area contributed by atoms with Crippen LogP contribution in [-0.4, -0.2) is 93.1 Å². The van der Waals surface area contributed by atoms with Crippen LogP contribution in [0.2, 0.25) is 0 Å². The maximum atomic E-state index is 10.6. The normalized spacial score (nSPS) is 11.8. The number of nitrogens with zero attached hydrogens (tertiary/aromatic N) is 2. The van der Waals surface area contributed by atoms with E-state index in [2.05, 4.69) is 0 Å². The van der Waals surface area contributed by atoms with Crippen LogP contribution in [0, 0.1) is 0 Å². The maximum Gasteiger partial charge on any atom is 1.00 e. The number of hydrogen-bond donors (Lipinski definition) is 4. The van der Waals surface area contributed by atoms with Crippen molar-refractivity contribution in [2.24, 2.45) is 0 Å². The Morgan fingerprint density at radius 2 is 1.41 bits per heavy atom. The second-order valence-corrected chi connectivity index (χ2v) is 4.05. The predicted octanol–water partition coefficient (Wildman–Crippen LogP) is -7.08. The van der Waals surface area contributed by atoms with Crippen molar-refractivity contribution in [3.63, 3.8) is 0 Å². The Balaban J connectivity index is 0. The van der Waals surface area contributed by atoms with Crippen molar-refractivity contribution in [3.05, 3.63) is 0 Å². The number of carbonyl (C=O) groups excluding carboxylic acids is 1. The van der Waals surface area contributed by atoms with Crippen molar-refractivity contribution >= 4 is 23.9 Å². The molecule has 0 rings (SSSR count). The molecule has 0 saturated carbocycles. The number of carboxylic acid groups (broad SMARTS) is 4. The zero-order valence-corrected chi connectivity index (χ0v) is 13.8. The molecule has 0 aromatic carbocycles. The minimum absolute atomic E-state index is 0. The van der Waals surface area contributed by atoms with Crippen molar-refractivity contribution < 1.29 is 74.3 Å². The number of hydrogen-bond acceptors (Lipinski definition) is 8. The molecule has 0 aliphatic rings. The summed E-state index contributed by atoms with van der Waals surface area (Å²) in [7, 11) is 0. The van der Waals surface area contributed by atoms with Crippen molar-refractivity contribution in [3.8, 4) is 0 Å². The van der Waals surface area contributed by atoms with Crippen LogP contribution in [0.1, 0.15) is 0 Å². The Morgan fingerprint density at radius 3 is 1.77 bits per heavy atom. The van der Waals surface area contributed by atoms with Crippen LogP contribution in [0.3, 0.4) is 0 Å². The fraction of sp³-hybridized carbons (Fsp3) is 0.600. The zero-order valence-electron chi connectivity index (χ0n) is 11.8. The fourth-order valence-electron chi connectivity index (χ4n) is 1.48. The average molecular weight is 330 g/mol. The van der Waals surface area contributed by atoms with E-state index >= 15 is 0 Å². The third-order valence-corrected chi connectivity index (χ3v) is 2.32. The molecule has 11 nitrogen and oxygen atoms in total. The van der Waals surface area contributed by atoms with E-state index in [1.165, 1.54) is 0 Å². The van der Waals surface area contributed by atoms with Gasteiger partial charge in [-0.3, -0.25) is 19.4 Å². The number of aliphatic hydroxyl groups excluding tert-OH is 1. The maximum absolute atomic E-state index is 10.6. The molecule has 0 bridgehead atoms. The van der Waals surface area contributed by atoms with Gasteiger partial charge in [0.25, 0.3) is 0 Å². The van der Waals surface area contributed by atoms with Gasteiger partial charge in [-0.05, 0) is 0 Å². The summed E-state index contributed by atoms with van der Waals surface area (Å²) >= 11 is 0. The first-order valence-corrected chi connectivity index (χ1v) is 5.64. The third-order valence-electron chi connectivity index (χ3n) is 2.32. The van der Waals surface area contributed by atoms with Gasteiger partial charge in [-0.1, -0.05) is 0 Å². The zero-order chi connectivity index (χ0) is 16.6. The molecule has 0 saturated heterocycles. The molecule has 0 amide bonds. The standard InChI is InChI=1S/C10H16N2O9.Na/c13-6(14)3-11(4-7(15)16)1-2-12(5-8(17)18)9(19)10(20)21;/h9,19H,1-5H2,(H,13,14)(H,15,16)(H,17,18)(H,20,21);/q;+1/p-1. The average Bonchev–Trinajstić information content (AvgIpc) is 2.31. The second-order valence-electron chi connectivity index (χ2n) is 4.05. The summed E-state index contributed by atoms with van der Waals surface area (Å²) in [5.74, 6) is -5.94. The molecule has 0 aromatic rings. The summed E-state index contributed by atoms with van der Waals surface area (Å²) in [6, 6.07) is 0. The summed E-state index contributed by atoms with van der Waals surface area (Å²) in [6.07, 6.45) is -2.10. The Hall–Kier alpha value is -1.24. The summed E-state index contributed by atoms with van der Waals surface area (Å²) in [4.78, 5) is 43.8. The van der Waals surface area contributed by atoms with E-state index in [-0.39, 0.29) is 42.6 Å². The van der Waals surface area contributed by atoms with E-state index in [4.69, 9.17) is 15.3 Å². The minimum Gasteiger partial charge on any atom is -0.549 e.